The molecule has 1 aliphatic heterocycles. The van der Waals surface area contributed by atoms with E-state index < -0.39 is 10.0 Å². The highest BCUT2D eigenvalue weighted by Gasteiger charge is 2.23. The van der Waals surface area contributed by atoms with Crippen molar-refractivity contribution >= 4 is 10.0 Å². The first kappa shape index (κ1) is 15.3. The number of ether oxygens (including phenoxy) is 1. The molecular formula is C14H22N2O3S. The van der Waals surface area contributed by atoms with Crippen LogP contribution in [0.3, 0.4) is 0 Å². The van der Waals surface area contributed by atoms with Crippen molar-refractivity contribution in [3.63, 3.8) is 0 Å². The van der Waals surface area contributed by atoms with Crippen LogP contribution in [0.25, 0.3) is 0 Å². The first-order chi connectivity index (χ1) is 9.44. The van der Waals surface area contributed by atoms with Gasteiger partial charge in [-0.3, -0.25) is 0 Å². The number of rotatable bonds is 5. The van der Waals surface area contributed by atoms with Gasteiger partial charge in [0.15, 0.2) is 0 Å². The lowest BCUT2D eigenvalue weighted by Gasteiger charge is -2.15. The molecule has 0 aromatic heterocycles. The minimum atomic E-state index is -3.47. The fourth-order valence-corrected chi connectivity index (χ4v) is 4.21. The molecule has 112 valence electrons. The SMILES string of the molecule is COc1cc(C)c(S(=O)(=O)NCC2CCNC2)c(C)c1. The van der Waals surface area contributed by atoms with Crippen molar-refractivity contribution in [3.05, 3.63) is 23.3 Å². The highest BCUT2D eigenvalue weighted by molar-refractivity contribution is 7.89. The molecule has 0 saturated carbocycles. The van der Waals surface area contributed by atoms with Crippen molar-refractivity contribution in [1.29, 1.82) is 0 Å². The summed E-state index contributed by atoms with van der Waals surface area (Å²) in [6.45, 7) is 5.92. The van der Waals surface area contributed by atoms with E-state index in [0.29, 0.717) is 34.2 Å². The molecule has 0 spiro atoms. The predicted octanol–water partition coefficient (Wildman–Crippen LogP) is 1.20. The van der Waals surface area contributed by atoms with Crippen LogP contribution >= 0.6 is 0 Å². The van der Waals surface area contributed by atoms with Crippen molar-refractivity contribution < 1.29 is 13.2 Å². The van der Waals surface area contributed by atoms with Gasteiger partial charge in [0.1, 0.15) is 5.75 Å². The quantitative estimate of drug-likeness (QED) is 0.857. The van der Waals surface area contributed by atoms with E-state index in [0.717, 1.165) is 19.5 Å². The number of hydrogen-bond acceptors (Lipinski definition) is 4. The van der Waals surface area contributed by atoms with Gasteiger partial charge in [-0.25, -0.2) is 13.1 Å². The summed E-state index contributed by atoms with van der Waals surface area (Å²) in [5.41, 5.74) is 1.41. The van der Waals surface area contributed by atoms with Crippen molar-refractivity contribution in [2.45, 2.75) is 25.2 Å². The van der Waals surface area contributed by atoms with Gasteiger partial charge in [0.2, 0.25) is 10.0 Å². The highest BCUT2D eigenvalue weighted by atomic mass is 32.2. The molecule has 0 aliphatic carbocycles. The number of nitrogens with one attached hydrogen (secondary N) is 2. The number of hydrogen-bond donors (Lipinski definition) is 2. The van der Waals surface area contributed by atoms with E-state index in [9.17, 15) is 8.42 Å². The molecule has 2 N–H and O–H groups in total. The Hall–Kier alpha value is -1.11. The average molecular weight is 298 g/mol. The van der Waals surface area contributed by atoms with E-state index in [4.69, 9.17) is 4.74 Å². The molecular weight excluding hydrogens is 276 g/mol. The average Bonchev–Trinajstić information content (AvgIpc) is 2.88. The number of sulfonamides is 1. The number of aryl methyl sites for hydroxylation is 2. The van der Waals surface area contributed by atoms with Crippen LogP contribution < -0.4 is 14.8 Å². The minimum Gasteiger partial charge on any atom is -0.497 e. The Morgan fingerprint density at radius 3 is 2.50 bits per heavy atom. The Morgan fingerprint density at radius 1 is 1.35 bits per heavy atom. The summed E-state index contributed by atoms with van der Waals surface area (Å²) in [5.74, 6) is 1.06. The molecule has 1 heterocycles. The molecule has 6 heteroatoms. The summed E-state index contributed by atoms with van der Waals surface area (Å²) in [5, 5.41) is 3.23. The smallest absolute Gasteiger partial charge is 0.241 e. The van der Waals surface area contributed by atoms with E-state index >= 15 is 0 Å². The van der Waals surface area contributed by atoms with E-state index in [1.54, 1.807) is 33.1 Å². The molecule has 1 unspecified atom stereocenters. The summed E-state index contributed by atoms with van der Waals surface area (Å²) in [4.78, 5) is 0.365. The molecule has 1 saturated heterocycles. The van der Waals surface area contributed by atoms with Crippen LogP contribution in [-0.4, -0.2) is 35.2 Å². The maximum Gasteiger partial charge on any atom is 0.241 e. The maximum absolute atomic E-state index is 12.5. The van der Waals surface area contributed by atoms with E-state index in [-0.39, 0.29) is 0 Å². The van der Waals surface area contributed by atoms with Gasteiger partial charge in [0, 0.05) is 6.54 Å². The molecule has 0 radical (unpaired) electrons. The second kappa shape index (κ2) is 6.11. The third kappa shape index (κ3) is 3.31. The Balaban J connectivity index is 2.20. The van der Waals surface area contributed by atoms with Crippen LogP contribution in [-0.2, 0) is 10.0 Å². The predicted molar refractivity (Wildman–Crippen MR) is 78.6 cm³/mol. The van der Waals surface area contributed by atoms with Crippen molar-refractivity contribution in [3.8, 4) is 5.75 Å². The molecule has 1 aromatic carbocycles. The summed E-state index contributed by atoms with van der Waals surface area (Å²) in [6, 6.07) is 3.50. The summed E-state index contributed by atoms with van der Waals surface area (Å²) < 4.78 is 32.8. The molecule has 1 aromatic rings. The fourth-order valence-electron chi connectivity index (χ4n) is 2.64. The Bertz CT molecular complexity index is 555. The lowest BCUT2D eigenvalue weighted by atomic mass is 10.1. The van der Waals surface area contributed by atoms with Crippen molar-refractivity contribution in [2.24, 2.45) is 5.92 Å². The summed E-state index contributed by atoms with van der Waals surface area (Å²) in [7, 11) is -1.89. The van der Waals surface area contributed by atoms with E-state index in [2.05, 4.69) is 10.0 Å². The van der Waals surface area contributed by atoms with Gasteiger partial charge < -0.3 is 10.1 Å². The monoisotopic (exact) mass is 298 g/mol. The standard InChI is InChI=1S/C14H22N2O3S/c1-10-6-13(19-3)7-11(2)14(10)20(17,18)16-9-12-4-5-15-8-12/h6-7,12,15-16H,4-5,8-9H2,1-3H3. The molecule has 20 heavy (non-hydrogen) atoms. The Morgan fingerprint density at radius 2 is 2.00 bits per heavy atom. The molecule has 1 atom stereocenters. The van der Waals surface area contributed by atoms with Crippen LogP contribution in [0.4, 0.5) is 0 Å². The van der Waals surface area contributed by atoms with Gasteiger partial charge in [-0.2, -0.15) is 0 Å². The van der Waals surface area contributed by atoms with Gasteiger partial charge in [0.05, 0.1) is 12.0 Å². The topological polar surface area (TPSA) is 67.4 Å². The first-order valence-electron chi connectivity index (χ1n) is 6.79. The third-order valence-corrected chi connectivity index (χ3v) is 5.39. The van der Waals surface area contributed by atoms with Crippen LogP contribution in [0.5, 0.6) is 5.75 Å². The van der Waals surface area contributed by atoms with Crippen LogP contribution in [0.2, 0.25) is 0 Å². The van der Waals surface area contributed by atoms with Gasteiger partial charge in [-0.1, -0.05) is 0 Å². The van der Waals surface area contributed by atoms with Crippen molar-refractivity contribution in [2.75, 3.05) is 26.7 Å². The second-order valence-electron chi connectivity index (χ2n) is 5.30. The lowest BCUT2D eigenvalue weighted by Crippen LogP contribution is -2.31. The van der Waals surface area contributed by atoms with Gasteiger partial charge in [-0.05, 0) is 62.5 Å². The normalized spacial score (nSPS) is 19.2. The van der Waals surface area contributed by atoms with E-state index in [1.807, 2.05) is 0 Å². The second-order valence-corrected chi connectivity index (χ2v) is 7.00. The highest BCUT2D eigenvalue weighted by Crippen LogP contribution is 2.25. The molecule has 2 rings (SSSR count). The molecule has 0 bridgehead atoms. The lowest BCUT2D eigenvalue weighted by molar-refractivity contribution is 0.413. The zero-order chi connectivity index (χ0) is 14.8. The maximum atomic E-state index is 12.5. The Labute approximate surface area is 120 Å². The van der Waals surface area contributed by atoms with Gasteiger partial charge in [0.25, 0.3) is 0 Å². The zero-order valence-corrected chi connectivity index (χ0v) is 13.0. The van der Waals surface area contributed by atoms with Crippen LogP contribution in [0, 0.1) is 19.8 Å². The number of methoxy groups -OCH3 is 1. The number of benzene rings is 1. The van der Waals surface area contributed by atoms with E-state index in [1.165, 1.54) is 0 Å². The van der Waals surface area contributed by atoms with Crippen molar-refractivity contribution in [1.82, 2.24) is 10.0 Å². The minimum absolute atomic E-state index is 0.365. The molecule has 0 amide bonds. The largest absolute Gasteiger partial charge is 0.497 e. The Kier molecular flexibility index (Phi) is 4.67. The zero-order valence-electron chi connectivity index (χ0n) is 12.2. The molecule has 1 aliphatic rings. The van der Waals surface area contributed by atoms with Crippen LogP contribution in [0.15, 0.2) is 17.0 Å². The summed E-state index contributed by atoms with van der Waals surface area (Å²) in [6.07, 6.45) is 1.02. The molecule has 5 nitrogen and oxygen atoms in total. The van der Waals surface area contributed by atoms with Crippen LogP contribution in [0.1, 0.15) is 17.5 Å². The first-order valence-corrected chi connectivity index (χ1v) is 8.28. The summed E-state index contributed by atoms with van der Waals surface area (Å²) >= 11 is 0. The van der Waals surface area contributed by atoms with Gasteiger partial charge >= 0.3 is 0 Å². The van der Waals surface area contributed by atoms with Gasteiger partial charge in [-0.15, -0.1) is 0 Å². The third-order valence-electron chi connectivity index (χ3n) is 3.66. The fraction of sp³-hybridized carbons (Fsp3) is 0.571. The molecule has 1 fully saturated rings.